The Hall–Kier alpha value is -2.40. The highest BCUT2D eigenvalue weighted by Crippen LogP contribution is 2.36. The first-order valence-corrected chi connectivity index (χ1v) is 9.40. The Labute approximate surface area is 159 Å². The molecule has 1 aliphatic rings. The van der Waals surface area contributed by atoms with Gasteiger partial charge in [-0.2, -0.15) is 0 Å². The minimum Gasteiger partial charge on any atom is -0.494 e. The van der Waals surface area contributed by atoms with Crippen molar-refractivity contribution in [2.45, 2.75) is 32.1 Å². The highest BCUT2D eigenvalue weighted by molar-refractivity contribution is 5.99. The highest BCUT2D eigenvalue weighted by Gasteiger charge is 2.34. The van der Waals surface area contributed by atoms with E-state index in [1.54, 1.807) is 12.1 Å². The van der Waals surface area contributed by atoms with Gasteiger partial charge in [-0.25, -0.2) is 4.39 Å². The van der Waals surface area contributed by atoms with Gasteiger partial charge < -0.3 is 14.8 Å². The minimum absolute atomic E-state index is 0.117. The number of ether oxygens (including phenoxy) is 2. The molecular weight excluding hydrogens is 345 g/mol. The third kappa shape index (κ3) is 4.30. The van der Waals surface area contributed by atoms with Gasteiger partial charge in [-0.3, -0.25) is 4.79 Å². The van der Waals surface area contributed by atoms with E-state index in [1.165, 1.54) is 18.6 Å². The molecule has 144 valence electrons. The maximum atomic E-state index is 14.1. The maximum Gasteiger partial charge on any atom is 0.164 e. The van der Waals surface area contributed by atoms with Crippen LogP contribution in [0.3, 0.4) is 0 Å². The third-order valence-electron chi connectivity index (χ3n) is 5.21. The molecular formula is C22H26FNO3. The first kappa shape index (κ1) is 19.4. The van der Waals surface area contributed by atoms with E-state index >= 15 is 0 Å². The fourth-order valence-electron chi connectivity index (χ4n) is 3.69. The van der Waals surface area contributed by atoms with Gasteiger partial charge >= 0.3 is 0 Å². The van der Waals surface area contributed by atoms with Crippen LogP contribution in [-0.2, 0) is 10.2 Å². The van der Waals surface area contributed by atoms with E-state index in [-0.39, 0.29) is 16.8 Å². The largest absolute Gasteiger partial charge is 0.494 e. The summed E-state index contributed by atoms with van der Waals surface area (Å²) in [7, 11) is 0. The number of carbonyl (C=O) groups is 1. The lowest BCUT2D eigenvalue weighted by Gasteiger charge is -2.38. The van der Waals surface area contributed by atoms with Crippen LogP contribution >= 0.6 is 0 Å². The van der Waals surface area contributed by atoms with Gasteiger partial charge in [0.2, 0.25) is 0 Å². The standard InChI is InChI=1S/C22H26FNO3/c1-3-27-18-9-7-17(8-10-18)22(11-13-26-14-12-22)15-24-20-6-4-5-19(23)21(20)16(2)25/h4-10,24H,3,11-15H2,1-2H3. The van der Waals surface area contributed by atoms with Crippen molar-refractivity contribution in [3.05, 3.63) is 59.4 Å². The lowest BCUT2D eigenvalue weighted by Crippen LogP contribution is -2.40. The van der Waals surface area contributed by atoms with Crippen molar-refractivity contribution >= 4 is 11.5 Å². The Morgan fingerprint density at radius 1 is 1.19 bits per heavy atom. The van der Waals surface area contributed by atoms with Crippen LogP contribution in [0.2, 0.25) is 0 Å². The number of halogens is 1. The summed E-state index contributed by atoms with van der Waals surface area (Å²) in [6.45, 7) is 5.94. The average Bonchev–Trinajstić information content (AvgIpc) is 2.67. The molecule has 0 radical (unpaired) electrons. The quantitative estimate of drug-likeness (QED) is 0.724. The zero-order chi connectivity index (χ0) is 19.3. The van der Waals surface area contributed by atoms with E-state index in [9.17, 15) is 9.18 Å². The van der Waals surface area contributed by atoms with E-state index in [0.29, 0.717) is 32.1 Å². The fraction of sp³-hybridized carbons (Fsp3) is 0.409. The van der Waals surface area contributed by atoms with Crippen molar-refractivity contribution in [3.8, 4) is 5.75 Å². The van der Waals surface area contributed by atoms with Gasteiger partial charge in [0.15, 0.2) is 5.78 Å². The molecule has 0 saturated carbocycles. The minimum atomic E-state index is -0.491. The van der Waals surface area contributed by atoms with Gasteiger partial charge in [0, 0.05) is 30.9 Å². The number of anilines is 1. The second-order valence-electron chi connectivity index (χ2n) is 6.92. The van der Waals surface area contributed by atoms with Gasteiger partial charge in [-0.05, 0) is 56.5 Å². The number of Topliss-reactive ketones (excluding diaryl/α,β-unsaturated/α-hetero) is 1. The highest BCUT2D eigenvalue weighted by atomic mass is 19.1. The predicted molar refractivity (Wildman–Crippen MR) is 104 cm³/mol. The molecule has 5 heteroatoms. The van der Waals surface area contributed by atoms with E-state index in [1.807, 2.05) is 19.1 Å². The second kappa shape index (κ2) is 8.53. The number of benzene rings is 2. The van der Waals surface area contributed by atoms with E-state index < -0.39 is 5.82 Å². The van der Waals surface area contributed by atoms with Crippen molar-refractivity contribution < 1.29 is 18.7 Å². The molecule has 1 aliphatic heterocycles. The first-order chi connectivity index (χ1) is 13.1. The third-order valence-corrected chi connectivity index (χ3v) is 5.21. The number of rotatable bonds is 7. The van der Waals surface area contributed by atoms with E-state index in [0.717, 1.165) is 18.6 Å². The van der Waals surface area contributed by atoms with Crippen molar-refractivity contribution in [2.75, 3.05) is 31.7 Å². The van der Waals surface area contributed by atoms with Crippen molar-refractivity contribution in [2.24, 2.45) is 0 Å². The number of ketones is 1. The van der Waals surface area contributed by atoms with Crippen LogP contribution in [0.15, 0.2) is 42.5 Å². The van der Waals surface area contributed by atoms with Crippen LogP contribution in [0.25, 0.3) is 0 Å². The zero-order valence-electron chi connectivity index (χ0n) is 15.9. The fourth-order valence-corrected chi connectivity index (χ4v) is 3.69. The summed E-state index contributed by atoms with van der Waals surface area (Å²) >= 11 is 0. The summed E-state index contributed by atoms with van der Waals surface area (Å²) in [4.78, 5) is 11.9. The number of carbonyl (C=O) groups excluding carboxylic acids is 1. The molecule has 0 spiro atoms. The van der Waals surface area contributed by atoms with Crippen LogP contribution in [0, 0.1) is 5.82 Å². The SMILES string of the molecule is CCOc1ccc(C2(CNc3cccc(F)c3C(C)=O)CCOCC2)cc1. The average molecular weight is 371 g/mol. The maximum absolute atomic E-state index is 14.1. The summed E-state index contributed by atoms with van der Waals surface area (Å²) in [5.74, 6) is 0.0766. The summed E-state index contributed by atoms with van der Waals surface area (Å²) in [6, 6.07) is 12.9. The molecule has 0 unspecified atom stereocenters. The summed E-state index contributed by atoms with van der Waals surface area (Å²) in [6.07, 6.45) is 1.72. The summed E-state index contributed by atoms with van der Waals surface area (Å²) in [5, 5.41) is 3.34. The molecule has 0 bridgehead atoms. The lowest BCUT2D eigenvalue weighted by molar-refractivity contribution is 0.0543. The first-order valence-electron chi connectivity index (χ1n) is 9.40. The number of hydrogen-bond donors (Lipinski definition) is 1. The summed E-state index contributed by atoms with van der Waals surface area (Å²) in [5.41, 5.74) is 1.72. The predicted octanol–water partition coefficient (Wildman–Crippen LogP) is 4.59. The Bertz CT molecular complexity index is 783. The Balaban J connectivity index is 1.86. The van der Waals surface area contributed by atoms with Crippen LogP contribution in [0.4, 0.5) is 10.1 Å². The van der Waals surface area contributed by atoms with Crippen LogP contribution in [0.1, 0.15) is 42.6 Å². The van der Waals surface area contributed by atoms with Crippen molar-refractivity contribution in [1.82, 2.24) is 0 Å². The number of nitrogens with one attached hydrogen (secondary N) is 1. The molecule has 2 aromatic rings. The van der Waals surface area contributed by atoms with Gasteiger partial charge in [0.25, 0.3) is 0 Å². The molecule has 1 heterocycles. The zero-order valence-corrected chi connectivity index (χ0v) is 15.9. The molecule has 0 aromatic heterocycles. The summed E-state index contributed by atoms with van der Waals surface area (Å²) < 4.78 is 25.2. The molecule has 1 N–H and O–H groups in total. The van der Waals surface area contributed by atoms with Gasteiger partial charge in [-0.1, -0.05) is 18.2 Å². The van der Waals surface area contributed by atoms with Gasteiger partial charge in [-0.15, -0.1) is 0 Å². The molecule has 4 nitrogen and oxygen atoms in total. The molecule has 3 rings (SSSR count). The van der Waals surface area contributed by atoms with Gasteiger partial charge in [0.1, 0.15) is 11.6 Å². The Kier molecular flexibility index (Phi) is 6.11. The van der Waals surface area contributed by atoms with Crippen LogP contribution in [-0.4, -0.2) is 32.1 Å². The monoisotopic (exact) mass is 371 g/mol. The van der Waals surface area contributed by atoms with E-state index in [2.05, 4.69) is 17.4 Å². The molecule has 1 fully saturated rings. The Morgan fingerprint density at radius 3 is 2.52 bits per heavy atom. The number of hydrogen-bond acceptors (Lipinski definition) is 4. The second-order valence-corrected chi connectivity index (χ2v) is 6.92. The molecule has 27 heavy (non-hydrogen) atoms. The van der Waals surface area contributed by atoms with Gasteiger partial charge in [0.05, 0.1) is 12.2 Å². The van der Waals surface area contributed by atoms with Crippen molar-refractivity contribution in [3.63, 3.8) is 0 Å². The molecule has 2 aromatic carbocycles. The smallest absolute Gasteiger partial charge is 0.164 e. The van der Waals surface area contributed by atoms with E-state index in [4.69, 9.17) is 9.47 Å². The van der Waals surface area contributed by atoms with Crippen molar-refractivity contribution in [1.29, 1.82) is 0 Å². The molecule has 0 aliphatic carbocycles. The molecule has 0 atom stereocenters. The normalized spacial score (nSPS) is 16.0. The molecule has 1 saturated heterocycles. The van der Waals surface area contributed by atoms with Crippen LogP contribution < -0.4 is 10.1 Å². The lowest BCUT2D eigenvalue weighted by atomic mass is 9.74. The topological polar surface area (TPSA) is 47.6 Å². The Morgan fingerprint density at radius 2 is 1.89 bits per heavy atom. The van der Waals surface area contributed by atoms with Crippen LogP contribution in [0.5, 0.6) is 5.75 Å². The molecule has 0 amide bonds.